The minimum Gasteiger partial charge on any atom is -0.444 e. The molecular formula is C13H25N3O3. The van der Waals surface area contributed by atoms with Gasteiger partial charge in [0, 0.05) is 31.6 Å². The average molecular weight is 271 g/mol. The molecule has 6 nitrogen and oxygen atoms in total. The van der Waals surface area contributed by atoms with Crippen molar-refractivity contribution in [3.8, 4) is 0 Å². The molecule has 0 bridgehead atoms. The van der Waals surface area contributed by atoms with Crippen LogP contribution in [0.3, 0.4) is 0 Å². The van der Waals surface area contributed by atoms with E-state index in [2.05, 4.69) is 16.0 Å². The first-order valence-electron chi connectivity index (χ1n) is 6.76. The maximum Gasteiger partial charge on any atom is 0.407 e. The summed E-state index contributed by atoms with van der Waals surface area (Å²) in [5, 5.41) is 8.92. The van der Waals surface area contributed by atoms with Gasteiger partial charge in [0.15, 0.2) is 0 Å². The van der Waals surface area contributed by atoms with Gasteiger partial charge in [-0.05, 0) is 34.1 Å². The van der Waals surface area contributed by atoms with Gasteiger partial charge in [0.25, 0.3) is 0 Å². The van der Waals surface area contributed by atoms with E-state index in [1.54, 1.807) is 0 Å². The Hall–Kier alpha value is -1.30. The van der Waals surface area contributed by atoms with Crippen molar-refractivity contribution in [3.63, 3.8) is 0 Å². The van der Waals surface area contributed by atoms with Gasteiger partial charge in [0.05, 0.1) is 0 Å². The third kappa shape index (κ3) is 7.00. The van der Waals surface area contributed by atoms with E-state index in [0.717, 1.165) is 6.42 Å². The fourth-order valence-corrected chi connectivity index (χ4v) is 1.89. The molecule has 0 aromatic rings. The fraction of sp³-hybridized carbons (Fsp3) is 0.846. The van der Waals surface area contributed by atoms with E-state index in [1.807, 2.05) is 27.7 Å². The minimum atomic E-state index is -0.478. The first-order chi connectivity index (χ1) is 8.76. The van der Waals surface area contributed by atoms with Crippen LogP contribution in [-0.2, 0) is 9.53 Å². The van der Waals surface area contributed by atoms with Crippen LogP contribution >= 0.6 is 0 Å². The van der Waals surface area contributed by atoms with E-state index < -0.39 is 11.7 Å². The Labute approximate surface area is 114 Å². The summed E-state index contributed by atoms with van der Waals surface area (Å²) in [6, 6.07) is 0.403. The van der Waals surface area contributed by atoms with Crippen LogP contribution in [0.2, 0.25) is 0 Å². The van der Waals surface area contributed by atoms with E-state index in [-0.39, 0.29) is 18.0 Å². The molecule has 1 aliphatic rings. The van der Waals surface area contributed by atoms with Crippen LogP contribution in [0.4, 0.5) is 4.79 Å². The SMILES string of the molecule is CC(CNC(=O)OC(C)(C)C)NC1CCC(=O)NC1. The molecule has 0 spiro atoms. The summed E-state index contributed by atoms with van der Waals surface area (Å²) in [6.45, 7) is 8.64. The maximum atomic E-state index is 11.5. The topological polar surface area (TPSA) is 79.5 Å². The summed E-state index contributed by atoms with van der Waals surface area (Å²) in [7, 11) is 0. The Bertz CT molecular complexity index is 316. The van der Waals surface area contributed by atoms with Gasteiger partial charge in [-0.15, -0.1) is 0 Å². The van der Waals surface area contributed by atoms with Crippen LogP contribution in [0.25, 0.3) is 0 Å². The van der Waals surface area contributed by atoms with E-state index >= 15 is 0 Å². The van der Waals surface area contributed by atoms with Crippen LogP contribution in [0, 0.1) is 0 Å². The van der Waals surface area contributed by atoms with Crippen molar-refractivity contribution >= 4 is 12.0 Å². The lowest BCUT2D eigenvalue weighted by Gasteiger charge is -2.27. The Morgan fingerprint density at radius 1 is 1.53 bits per heavy atom. The van der Waals surface area contributed by atoms with Crippen LogP contribution in [0.5, 0.6) is 0 Å². The van der Waals surface area contributed by atoms with E-state index in [0.29, 0.717) is 19.5 Å². The molecule has 2 unspecified atom stereocenters. The quantitative estimate of drug-likeness (QED) is 0.705. The summed E-state index contributed by atoms with van der Waals surface area (Å²) < 4.78 is 5.16. The Kier molecular flexibility index (Phi) is 5.60. The number of amides is 2. The third-order valence-corrected chi connectivity index (χ3v) is 2.74. The molecule has 6 heteroatoms. The zero-order valence-electron chi connectivity index (χ0n) is 12.2. The number of ether oxygens (including phenoxy) is 1. The second-order valence-electron chi connectivity index (χ2n) is 5.99. The summed E-state index contributed by atoms with van der Waals surface area (Å²) in [6.07, 6.45) is 0.991. The third-order valence-electron chi connectivity index (χ3n) is 2.74. The molecule has 2 amide bonds. The molecule has 110 valence electrons. The predicted molar refractivity (Wildman–Crippen MR) is 72.9 cm³/mol. The van der Waals surface area contributed by atoms with Crippen molar-refractivity contribution in [1.29, 1.82) is 0 Å². The highest BCUT2D eigenvalue weighted by molar-refractivity contribution is 5.76. The molecule has 0 radical (unpaired) electrons. The van der Waals surface area contributed by atoms with Crippen molar-refractivity contribution in [2.45, 2.75) is 58.2 Å². The van der Waals surface area contributed by atoms with Crippen molar-refractivity contribution in [3.05, 3.63) is 0 Å². The van der Waals surface area contributed by atoms with Crippen molar-refractivity contribution in [1.82, 2.24) is 16.0 Å². The van der Waals surface area contributed by atoms with Crippen LogP contribution in [0.15, 0.2) is 0 Å². The summed E-state index contributed by atoms with van der Waals surface area (Å²) in [5.41, 5.74) is -0.478. The highest BCUT2D eigenvalue weighted by atomic mass is 16.6. The number of alkyl carbamates (subject to hydrolysis) is 1. The zero-order chi connectivity index (χ0) is 14.5. The largest absolute Gasteiger partial charge is 0.444 e. The highest BCUT2D eigenvalue weighted by Gasteiger charge is 2.20. The molecule has 1 fully saturated rings. The summed E-state index contributed by atoms with van der Waals surface area (Å²) in [5.74, 6) is 0.109. The molecule has 0 aromatic heterocycles. The van der Waals surface area contributed by atoms with Crippen molar-refractivity contribution < 1.29 is 14.3 Å². The van der Waals surface area contributed by atoms with E-state index in [4.69, 9.17) is 4.74 Å². The smallest absolute Gasteiger partial charge is 0.407 e. The lowest BCUT2D eigenvalue weighted by molar-refractivity contribution is -0.122. The molecule has 1 heterocycles. The number of nitrogens with one attached hydrogen (secondary N) is 3. The number of piperidine rings is 1. The molecule has 1 aliphatic heterocycles. The number of hydrogen-bond acceptors (Lipinski definition) is 4. The monoisotopic (exact) mass is 271 g/mol. The first kappa shape index (κ1) is 15.8. The van der Waals surface area contributed by atoms with Gasteiger partial charge in [0.1, 0.15) is 5.60 Å². The highest BCUT2D eigenvalue weighted by Crippen LogP contribution is 2.06. The molecule has 19 heavy (non-hydrogen) atoms. The Morgan fingerprint density at radius 3 is 2.74 bits per heavy atom. The zero-order valence-corrected chi connectivity index (χ0v) is 12.2. The molecule has 2 atom stereocenters. The van der Waals surface area contributed by atoms with Gasteiger partial charge in [0.2, 0.25) is 5.91 Å². The van der Waals surface area contributed by atoms with E-state index in [9.17, 15) is 9.59 Å². The number of carbonyl (C=O) groups excluding carboxylic acids is 2. The van der Waals surface area contributed by atoms with Crippen molar-refractivity contribution in [2.75, 3.05) is 13.1 Å². The molecule has 1 rings (SSSR count). The van der Waals surface area contributed by atoms with Gasteiger partial charge in [-0.3, -0.25) is 4.79 Å². The molecule has 0 saturated carbocycles. The lowest BCUT2D eigenvalue weighted by Crippen LogP contribution is -2.51. The van der Waals surface area contributed by atoms with Gasteiger partial charge in [-0.1, -0.05) is 0 Å². The molecule has 1 saturated heterocycles. The minimum absolute atomic E-state index is 0.109. The van der Waals surface area contributed by atoms with Crippen LogP contribution < -0.4 is 16.0 Å². The second-order valence-corrected chi connectivity index (χ2v) is 5.99. The number of rotatable bonds is 4. The van der Waals surface area contributed by atoms with Crippen LogP contribution in [-0.4, -0.2) is 42.8 Å². The Morgan fingerprint density at radius 2 is 2.21 bits per heavy atom. The average Bonchev–Trinajstić information content (AvgIpc) is 2.27. The fourth-order valence-electron chi connectivity index (χ4n) is 1.89. The van der Waals surface area contributed by atoms with Gasteiger partial charge in [-0.25, -0.2) is 4.79 Å². The second kappa shape index (κ2) is 6.75. The molecule has 3 N–H and O–H groups in total. The summed E-state index contributed by atoms with van der Waals surface area (Å²) >= 11 is 0. The normalized spacial score (nSPS) is 21.5. The number of hydrogen-bond donors (Lipinski definition) is 3. The predicted octanol–water partition coefficient (Wildman–Crippen LogP) is 0.768. The Balaban J connectivity index is 2.19. The van der Waals surface area contributed by atoms with Gasteiger partial charge in [-0.2, -0.15) is 0 Å². The molecule has 0 aliphatic carbocycles. The van der Waals surface area contributed by atoms with Crippen molar-refractivity contribution in [2.24, 2.45) is 0 Å². The molecule has 0 aromatic carbocycles. The van der Waals surface area contributed by atoms with Crippen LogP contribution in [0.1, 0.15) is 40.5 Å². The first-order valence-corrected chi connectivity index (χ1v) is 6.76. The van der Waals surface area contributed by atoms with Gasteiger partial charge >= 0.3 is 6.09 Å². The lowest BCUT2D eigenvalue weighted by atomic mass is 10.1. The molecular weight excluding hydrogens is 246 g/mol. The standard InChI is InChI=1S/C13H25N3O3/c1-9(7-15-12(18)19-13(2,3)4)16-10-5-6-11(17)14-8-10/h9-10,16H,5-8H2,1-4H3,(H,14,17)(H,15,18). The summed E-state index contributed by atoms with van der Waals surface area (Å²) in [4.78, 5) is 22.5. The maximum absolute atomic E-state index is 11.5. The van der Waals surface area contributed by atoms with E-state index in [1.165, 1.54) is 0 Å². The number of carbonyl (C=O) groups is 2. The van der Waals surface area contributed by atoms with Gasteiger partial charge < -0.3 is 20.7 Å².